The van der Waals surface area contributed by atoms with E-state index in [1.807, 2.05) is 374 Å². The van der Waals surface area contributed by atoms with Crippen molar-refractivity contribution < 1.29 is 73.8 Å². The van der Waals surface area contributed by atoms with Crippen LogP contribution in [-0.2, 0) is 19.5 Å². The van der Waals surface area contributed by atoms with Gasteiger partial charge >= 0.3 is 34.4 Å². The van der Waals surface area contributed by atoms with Crippen LogP contribution in [0.1, 0.15) is 66.8 Å². The summed E-state index contributed by atoms with van der Waals surface area (Å²) < 4.78 is 71.5. The van der Waals surface area contributed by atoms with E-state index in [2.05, 4.69) is 0 Å². The second-order valence-electron chi connectivity index (χ2n) is 23.7. The number of hydrogen-bond acceptors (Lipinski definition) is 12. The summed E-state index contributed by atoms with van der Waals surface area (Å²) in [4.78, 5) is 0. The minimum atomic E-state index is -1.62. The van der Waals surface area contributed by atoms with Gasteiger partial charge in [-0.15, -0.1) is 0 Å². The van der Waals surface area contributed by atoms with Crippen molar-refractivity contribution in [1.82, 2.24) is 0 Å². The Balaban J connectivity index is 0.000000171. The SMILES string of the molecule is Cc1ccc(OP(Oc2ccc(C)cc2)Oc2ccc(C)cc2)cc1.Cc1ccc(OP(Oc2ccc(C)cc2)Oc2ccc(C)cc2)cc1.Cc1ccc(OP(Oc2ccc(C)cc2)Oc2ccc(C)cc2)cc1.Cc1ccc(OP(Oc2ccc(C)cc2)Oc2ccc(C)cc2)cc1.[Ru]. The van der Waals surface area contributed by atoms with E-state index < -0.39 is 34.4 Å². The van der Waals surface area contributed by atoms with E-state index in [0.717, 1.165) is 69.0 Å². The molecular weight excluding hydrogens is 1430 g/mol. The van der Waals surface area contributed by atoms with Crippen LogP contribution in [0.5, 0.6) is 69.0 Å². The monoisotopic (exact) mass is 1510 g/mol. The molecule has 520 valence electrons. The van der Waals surface area contributed by atoms with Gasteiger partial charge in [-0.3, -0.25) is 0 Å². The van der Waals surface area contributed by atoms with Gasteiger partial charge < -0.3 is 54.3 Å². The van der Waals surface area contributed by atoms with E-state index in [1.165, 1.54) is 66.8 Å². The predicted molar refractivity (Wildman–Crippen MR) is 409 cm³/mol. The minimum Gasteiger partial charge on any atom is -0.409 e. The average Bonchev–Trinajstić information content (AvgIpc) is 0.920. The van der Waals surface area contributed by atoms with E-state index in [9.17, 15) is 0 Å². The molecule has 0 spiro atoms. The Hall–Kier alpha value is -9.42. The summed E-state index contributed by atoms with van der Waals surface area (Å²) in [6.45, 7) is 24.5. The largest absolute Gasteiger partial charge is 0.530 e. The molecule has 0 unspecified atom stereocenters. The normalized spacial score (nSPS) is 10.5. The predicted octanol–water partition coefficient (Wildman–Crippen LogP) is 25.5. The zero-order chi connectivity index (χ0) is 70.6. The Morgan fingerprint density at radius 1 is 0.119 bits per heavy atom. The molecule has 12 aromatic carbocycles. The maximum atomic E-state index is 5.96. The van der Waals surface area contributed by atoms with Crippen LogP contribution in [0.15, 0.2) is 291 Å². The molecular formula is C84H84O12P4Ru. The van der Waals surface area contributed by atoms with Crippen molar-refractivity contribution in [2.24, 2.45) is 0 Å². The number of rotatable bonds is 24. The molecule has 0 saturated carbocycles. The summed E-state index contributed by atoms with van der Waals surface area (Å²) >= 11 is 0. The van der Waals surface area contributed by atoms with Gasteiger partial charge in [0.05, 0.1) is 0 Å². The van der Waals surface area contributed by atoms with E-state index >= 15 is 0 Å². The van der Waals surface area contributed by atoms with Crippen LogP contribution in [0.2, 0.25) is 0 Å². The molecule has 0 N–H and O–H groups in total. The van der Waals surface area contributed by atoms with Gasteiger partial charge in [-0.05, 0) is 229 Å². The van der Waals surface area contributed by atoms with Gasteiger partial charge in [0.15, 0.2) is 0 Å². The summed E-state index contributed by atoms with van der Waals surface area (Å²) in [5.41, 5.74) is 14.1. The van der Waals surface area contributed by atoms with Crippen molar-refractivity contribution in [3.05, 3.63) is 358 Å². The van der Waals surface area contributed by atoms with Crippen molar-refractivity contribution in [1.29, 1.82) is 0 Å². The molecule has 0 aliphatic carbocycles. The molecule has 0 saturated heterocycles. The maximum absolute atomic E-state index is 5.96. The molecule has 0 amide bonds. The number of benzene rings is 12. The zero-order valence-electron chi connectivity index (χ0n) is 58.8. The Morgan fingerprint density at radius 2 is 0.178 bits per heavy atom. The smallest absolute Gasteiger partial charge is 0.409 e. The van der Waals surface area contributed by atoms with Gasteiger partial charge in [0.1, 0.15) is 69.0 Å². The Kier molecular flexibility index (Phi) is 30.7. The molecule has 0 fully saturated rings. The van der Waals surface area contributed by atoms with Crippen molar-refractivity contribution >= 4 is 34.4 Å². The van der Waals surface area contributed by atoms with Crippen LogP contribution in [0.4, 0.5) is 0 Å². The zero-order valence-corrected chi connectivity index (χ0v) is 64.1. The third kappa shape index (κ3) is 28.3. The van der Waals surface area contributed by atoms with Gasteiger partial charge in [0, 0.05) is 19.5 Å². The Labute approximate surface area is 614 Å². The molecule has 101 heavy (non-hydrogen) atoms. The topological polar surface area (TPSA) is 111 Å². The van der Waals surface area contributed by atoms with E-state index in [1.54, 1.807) is 0 Å². The van der Waals surface area contributed by atoms with Crippen molar-refractivity contribution in [3.8, 4) is 69.0 Å². The van der Waals surface area contributed by atoms with Crippen LogP contribution < -0.4 is 54.3 Å². The van der Waals surface area contributed by atoms with Gasteiger partial charge in [-0.1, -0.05) is 212 Å². The summed E-state index contributed by atoms with van der Waals surface area (Å²) in [7, 11) is -6.47. The summed E-state index contributed by atoms with van der Waals surface area (Å²) in [5, 5.41) is 0. The summed E-state index contributed by atoms with van der Waals surface area (Å²) in [6.07, 6.45) is 0. The summed E-state index contributed by atoms with van der Waals surface area (Å²) in [5.74, 6) is 8.62. The van der Waals surface area contributed by atoms with Crippen molar-refractivity contribution in [2.75, 3.05) is 0 Å². The molecule has 12 aromatic rings. The van der Waals surface area contributed by atoms with E-state index in [4.69, 9.17) is 54.3 Å². The first kappa shape index (κ1) is 77.3. The third-order valence-electron chi connectivity index (χ3n) is 14.4. The first-order valence-electron chi connectivity index (χ1n) is 32.5. The van der Waals surface area contributed by atoms with Gasteiger partial charge in [0.2, 0.25) is 0 Å². The molecule has 17 heteroatoms. The first-order valence-corrected chi connectivity index (χ1v) is 36.9. The fourth-order valence-corrected chi connectivity index (χ4v) is 12.4. The maximum Gasteiger partial charge on any atom is 0.530 e. The molecule has 0 aromatic heterocycles. The second-order valence-corrected chi connectivity index (χ2v) is 27.7. The van der Waals surface area contributed by atoms with Gasteiger partial charge in [0.25, 0.3) is 0 Å². The van der Waals surface area contributed by atoms with E-state index in [0.29, 0.717) is 0 Å². The molecule has 0 aliphatic rings. The number of aryl methyl sites for hydroxylation is 12. The second kappa shape index (κ2) is 40.1. The van der Waals surface area contributed by atoms with Crippen LogP contribution in [0.25, 0.3) is 0 Å². The molecule has 0 bridgehead atoms. The molecule has 0 aliphatic heterocycles. The average molecular weight is 1510 g/mol. The van der Waals surface area contributed by atoms with Crippen LogP contribution >= 0.6 is 34.4 Å². The molecule has 12 nitrogen and oxygen atoms in total. The Bertz CT molecular complexity index is 3310. The summed E-state index contributed by atoms with van der Waals surface area (Å²) in [6, 6.07) is 94.1. The molecule has 12 rings (SSSR count). The van der Waals surface area contributed by atoms with Crippen molar-refractivity contribution in [2.45, 2.75) is 83.1 Å². The first-order chi connectivity index (χ1) is 48.3. The van der Waals surface area contributed by atoms with Crippen LogP contribution in [-0.4, -0.2) is 0 Å². The fourth-order valence-electron chi connectivity index (χ4n) is 8.45. The van der Waals surface area contributed by atoms with E-state index in [-0.39, 0.29) is 19.5 Å². The van der Waals surface area contributed by atoms with Gasteiger partial charge in [-0.25, -0.2) is 0 Å². The molecule has 0 heterocycles. The standard InChI is InChI=1S/4C21H21O3P.Ru/c4*1-16-4-10-19(11-5-16)22-25(23-20-12-6-17(2)7-13-20)24-21-14-8-18(3)9-15-21;/h4*4-15H,1-3H3;. The van der Waals surface area contributed by atoms with Crippen LogP contribution in [0, 0.1) is 83.1 Å². The van der Waals surface area contributed by atoms with Crippen molar-refractivity contribution in [3.63, 3.8) is 0 Å². The van der Waals surface area contributed by atoms with Gasteiger partial charge in [-0.2, -0.15) is 0 Å². The Morgan fingerprint density at radius 3 is 0.238 bits per heavy atom. The molecule has 0 radical (unpaired) electrons. The van der Waals surface area contributed by atoms with Crippen LogP contribution in [0.3, 0.4) is 0 Å². The molecule has 0 atom stereocenters. The fraction of sp³-hybridized carbons (Fsp3) is 0.143. The third-order valence-corrected chi connectivity index (χ3v) is 18.7. The number of hydrogen-bond donors (Lipinski definition) is 0. The minimum absolute atomic E-state index is 0. The quantitative estimate of drug-likeness (QED) is 0.0424.